The van der Waals surface area contributed by atoms with E-state index in [-0.39, 0.29) is 0 Å². The van der Waals surface area contributed by atoms with Crippen LogP contribution in [0.5, 0.6) is 11.5 Å². The maximum Gasteiger partial charge on any atom is 0.179 e. The molecule has 0 spiro atoms. The van der Waals surface area contributed by atoms with Crippen molar-refractivity contribution in [3.63, 3.8) is 0 Å². The molecule has 0 saturated carbocycles. The number of rotatable bonds is 4. The lowest BCUT2D eigenvalue weighted by Gasteiger charge is -2.08. The summed E-state index contributed by atoms with van der Waals surface area (Å²) in [5.41, 5.74) is 0.990. The predicted molar refractivity (Wildman–Crippen MR) is 56.5 cm³/mol. The van der Waals surface area contributed by atoms with E-state index in [0.29, 0.717) is 12.2 Å². The van der Waals surface area contributed by atoms with Gasteiger partial charge in [0, 0.05) is 18.1 Å². The Morgan fingerprint density at radius 2 is 2.12 bits per heavy atom. The molecule has 0 atom stereocenters. The van der Waals surface area contributed by atoms with Crippen LogP contribution in [-0.2, 0) is 6.42 Å². The highest BCUT2D eigenvalue weighted by atomic mass is 16.5. The summed E-state index contributed by atoms with van der Waals surface area (Å²) in [7, 11) is 3.24. The van der Waals surface area contributed by atoms with Crippen LogP contribution in [0.15, 0.2) is 18.2 Å². The number of hydrogen-bond donors (Lipinski definition) is 1. The monoisotopic (exact) mass is 220 g/mol. The standard InChI is InChI=1S/C10H12N4O2/c1-15-8-4-3-7(9(6-8)16-2)5-10-11-13-14-12-10/h3-4,6H,5H2,1-2H3,(H,11,12,13,14). The number of nitrogens with one attached hydrogen (secondary N) is 1. The van der Waals surface area contributed by atoms with Crippen LogP contribution in [0.2, 0.25) is 0 Å². The van der Waals surface area contributed by atoms with Gasteiger partial charge in [-0.1, -0.05) is 11.3 Å². The van der Waals surface area contributed by atoms with Crippen molar-refractivity contribution in [1.82, 2.24) is 20.6 Å². The van der Waals surface area contributed by atoms with Crippen LogP contribution in [-0.4, -0.2) is 34.8 Å². The summed E-state index contributed by atoms with van der Waals surface area (Å²) in [6, 6.07) is 5.63. The Balaban J connectivity index is 2.26. The molecule has 6 heteroatoms. The Morgan fingerprint density at radius 3 is 2.75 bits per heavy atom. The Bertz CT molecular complexity index is 456. The number of hydrogen-bond acceptors (Lipinski definition) is 5. The van der Waals surface area contributed by atoms with Crippen molar-refractivity contribution in [2.24, 2.45) is 0 Å². The quantitative estimate of drug-likeness (QED) is 0.825. The van der Waals surface area contributed by atoms with Gasteiger partial charge in [0.05, 0.1) is 14.2 Å². The molecule has 16 heavy (non-hydrogen) atoms. The smallest absolute Gasteiger partial charge is 0.179 e. The van der Waals surface area contributed by atoms with E-state index in [1.165, 1.54) is 0 Å². The van der Waals surface area contributed by atoms with Gasteiger partial charge in [0.15, 0.2) is 5.82 Å². The van der Waals surface area contributed by atoms with Gasteiger partial charge in [0.1, 0.15) is 11.5 Å². The number of benzene rings is 1. The lowest BCUT2D eigenvalue weighted by atomic mass is 10.1. The highest BCUT2D eigenvalue weighted by Crippen LogP contribution is 2.25. The molecular formula is C10H12N4O2. The molecule has 0 unspecified atom stereocenters. The first-order valence-electron chi connectivity index (χ1n) is 4.76. The number of nitrogens with zero attached hydrogens (tertiary/aromatic N) is 3. The molecule has 2 aromatic rings. The minimum atomic E-state index is 0.573. The molecule has 0 aliphatic rings. The third-order valence-electron chi connectivity index (χ3n) is 2.23. The van der Waals surface area contributed by atoms with Crippen LogP contribution in [0.25, 0.3) is 0 Å². The van der Waals surface area contributed by atoms with Crippen LogP contribution in [0.3, 0.4) is 0 Å². The van der Waals surface area contributed by atoms with E-state index in [2.05, 4.69) is 20.6 Å². The van der Waals surface area contributed by atoms with Gasteiger partial charge in [-0.2, -0.15) is 5.21 Å². The van der Waals surface area contributed by atoms with E-state index < -0.39 is 0 Å². The fourth-order valence-corrected chi connectivity index (χ4v) is 1.43. The maximum absolute atomic E-state index is 5.27. The van der Waals surface area contributed by atoms with Gasteiger partial charge in [-0.3, -0.25) is 0 Å². The molecule has 0 aliphatic carbocycles. The first kappa shape index (κ1) is 10.4. The first-order chi connectivity index (χ1) is 7.83. The molecule has 0 radical (unpaired) electrons. The molecule has 2 rings (SSSR count). The van der Waals surface area contributed by atoms with E-state index in [4.69, 9.17) is 9.47 Å². The highest BCUT2D eigenvalue weighted by Gasteiger charge is 2.08. The number of methoxy groups -OCH3 is 2. The fourth-order valence-electron chi connectivity index (χ4n) is 1.43. The Hall–Kier alpha value is -2.11. The maximum atomic E-state index is 5.27. The number of tetrazole rings is 1. The Morgan fingerprint density at radius 1 is 1.25 bits per heavy atom. The average Bonchev–Trinajstić information content (AvgIpc) is 2.82. The average molecular weight is 220 g/mol. The number of aromatic amines is 1. The second kappa shape index (κ2) is 4.61. The Labute approximate surface area is 92.6 Å². The second-order valence-electron chi connectivity index (χ2n) is 3.18. The van der Waals surface area contributed by atoms with Gasteiger partial charge in [0.2, 0.25) is 0 Å². The van der Waals surface area contributed by atoms with E-state index in [9.17, 15) is 0 Å². The molecule has 0 bridgehead atoms. The molecule has 1 aromatic carbocycles. The van der Waals surface area contributed by atoms with E-state index >= 15 is 0 Å². The van der Waals surface area contributed by atoms with Gasteiger partial charge in [-0.25, -0.2) is 0 Å². The summed E-state index contributed by atoms with van der Waals surface area (Å²) in [5, 5.41) is 13.7. The van der Waals surface area contributed by atoms with E-state index in [1.54, 1.807) is 14.2 Å². The van der Waals surface area contributed by atoms with Crippen molar-refractivity contribution in [3.05, 3.63) is 29.6 Å². The number of ether oxygens (including phenoxy) is 2. The number of aromatic nitrogens is 4. The summed E-state index contributed by atoms with van der Waals surface area (Å²) < 4.78 is 10.4. The van der Waals surface area contributed by atoms with Crippen LogP contribution in [0.1, 0.15) is 11.4 Å². The summed E-state index contributed by atoms with van der Waals surface area (Å²) >= 11 is 0. The van der Waals surface area contributed by atoms with Gasteiger partial charge in [-0.15, -0.1) is 10.2 Å². The molecule has 6 nitrogen and oxygen atoms in total. The highest BCUT2D eigenvalue weighted by molar-refractivity contribution is 5.41. The Kier molecular flexibility index (Phi) is 3.00. The van der Waals surface area contributed by atoms with Crippen molar-refractivity contribution in [2.75, 3.05) is 14.2 Å². The van der Waals surface area contributed by atoms with Gasteiger partial charge < -0.3 is 9.47 Å². The zero-order valence-corrected chi connectivity index (χ0v) is 9.10. The van der Waals surface area contributed by atoms with Crippen molar-refractivity contribution in [2.45, 2.75) is 6.42 Å². The molecular weight excluding hydrogens is 208 g/mol. The van der Waals surface area contributed by atoms with E-state index in [0.717, 1.165) is 17.1 Å². The largest absolute Gasteiger partial charge is 0.497 e. The summed E-state index contributed by atoms with van der Waals surface area (Å²) in [6.07, 6.45) is 0.573. The topological polar surface area (TPSA) is 72.9 Å². The van der Waals surface area contributed by atoms with E-state index in [1.807, 2.05) is 18.2 Å². The molecule has 1 heterocycles. The molecule has 0 aliphatic heterocycles. The SMILES string of the molecule is COc1ccc(Cc2nn[nH]n2)c(OC)c1. The van der Waals surface area contributed by atoms with Crippen molar-refractivity contribution >= 4 is 0 Å². The molecule has 0 amide bonds. The molecule has 84 valence electrons. The molecule has 1 N–H and O–H groups in total. The number of H-pyrrole nitrogens is 1. The lowest BCUT2D eigenvalue weighted by Crippen LogP contribution is -1.96. The van der Waals surface area contributed by atoms with Crippen LogP contribution < -0.4 is 9.47 Å². The van der Waals surface area contributed by atoms with Crippen molar-refractivity contribution in [3.8, 4) is 11.5 Å². The van der Waals surface area contributed by atoms with Crippen LogP contribution in [0, 0.1) is 0 Å². The zero-order valence-electron chi connectivity index (χ0n) is 9.10. The third kappa shape index (κ3) is 2.10. The predicted octanol–water partition coefficient (Wildman–Crippen LogP) is 0.808. The molecule has 0 fully saturated rings. The first-order valence-corrected chi connectivity index (χ1v) is 4.76. The van der Waals surface area contributed by atoms with Crippen molar-refractivity contribution < 1.29 is 9.47 Å². The van der Waals surface area contributed by atoms with Gasteiger partial charge in [-0.05, 0) is 6.07 Å². The summed E-state index contributed by atoms with van der Waals surface area (Å²) in [5.74, 6) is 2.14. The summed E-state index contributed by atoms with van der Waals surface area (Å²) in [4.78, 5) is 0. The van der Waals surface area contributed by atoms with Crippen LogP contribution in [0.4, 0.5) is 0 Å². The normalized spacial score (nSPS) is 10.1. The fraction of sp³-hybridized carbons (Fsp3) is 0.300. The van der Waals surface area contributed by atoms with Gasteiger partial charge in [0.25, 0.3) is 0 Å². The van der Waals surface area contributed by atoms with Crippen molar-refractivity contribution in [1.29, 1.82) is 0 Å². The minimum Gasteiger partial charge on any atom is -0.497 e. The lowest BCUT2D eigenvalue weighted by molar-refractivity contribution is 0.391. The minimum absolute atomic E-state index is 0.573. The molecule has 0 saturated heterocycles. The van der Waals surface area contributed by atoms with Gasteiger partial charge >= 0.3 is 0 Å². The zero-order chi connectivity index (χ0) is 11.4. The molecule has 1 aromatic heterocycles. The third-order valence-corrected chi connectivity index (χ3v) is 2.23. The summed E-state index contributed by atoms with van der Waals surface area (Å²) in [6.45, 7) is 0. The van der Waals surface area contributed by atoms with Crippen LogP contribution >= 0.6 is 0 Å². The second-order valence-corrected chi connectivity index (χ2v) is 3.18.